The van der Waals surface area contributed by atoms with Gasteiger partial charge in [-0.1, -0.05) is 232 Å². The topological polar surface area (TPSA) is 77.3 Å². The van der Waals surface area contributed by atoms with Crippen LogP contribution >= 0.6 is 0 Å². The van der Waals surface area contributed by atoms with Crippen LogP contribution in [0.15, 0.2) is 261 Å². The summed E-state index contributed by atoms with van der Waals surface area (Å²) < 4.78 is 0. The van der Waals surface area contributed by atoms with Crippen molar-refractivity contribution < 1.29 is 0 Å². The van der Waals surface area contributed by atoms with Gasteiger partial charge in [0, 0.05) is 67.7 Å². The average Bonchev–Trinajstić information content (AvgIpc) is 3.61. The van der Waals surface area contributed by atoms with E-state index in [0.717, 1.165) is 117 Å². The molecular formula is C74H54N6. The van der Waals surface area contributed by atoms with Crippen molar-refractivity contribution in [1.82, 2.24) is 29.9 Å². The van der Waals surface area contributed by atoms with Gasteiger partial charge in [-0.3, -0.25) is 9.97 Å². The van der Waals surface area contributed by atoms with Crippen LogP contribution in [0, 0.1) is 0 Å². The third kappa shape index (κ3) is 10.1. The van der Waals surface area contributed by atoms with Gasteiger partial charge in [-0.15, -0.1) is 0 Å². The molecule has 4 aromatic heterocycles. The van der Waals surface area contributed by atoms with Crippen LogP contribution in [0.25, 0.3) is 134 Å². The van der Waals surface area contributed by atoms with E-state index in [-0.39, 0.29) is 0 Å². The van der Waals surface area contributed by atoms with Crippen molar-refractivity contribution in [3.05, 3.63) is 267 Å². The van der Waals surface area contributed by atoms with E-state index in [1.807, 2.05) is 42.7 Å². The normalized spacial score (nSPS) is 12.7. The maximum absolute atomic E-state index is 5.25. The van der Waals surface area contributed by atoms with Crippen molar-refractivity contribution in [3.63, 3.8) is 0 Å². The predicted molar refractivity (Wildman–Crippen MR) is 328 cm³/mol. The number of benzene rings is 9. The number of nitrogens with zero attached hydrogens (tertiary/aromatic N) is 6. The third-order valence-corrected chi connectivity index (χ3v) is 15.9. The lowest BCUT2D eigenvalue weighted by molar-refractivity contribution is 0.443. The minimum atomic E-state index is 0.636. The summed E-state index contributed by atoms with van der Waals surface area (Å²) in [6, 6.07) is 87.7. The molecule has 9 aromatic carbocycles. The Morgan fingerprint density at radius 1 is 0.250 bits per heavy atom. The number of rotatable bonds is 11. The fraction of sp³-hybridized carbons (Fsp3) is 0.0811. The summed E-state index contributed by atoms with van der Waals surface area (Å²) in [5, 5.41) is 2.24. The van der Waals surface area contributed by atoms with Crippen LogP contribution in [0.1, 0.15) is 43.6 Å². The van der Waals surface area contributed by atoms with Gasteiger partial charge in [0.2, 0.25) is 0 Å². The second-order valence-corrected chi connectivity index (χ2v) is 21.0. The van der Waals surface area contributed by atoms with E-state index >= 15 is 0 Å². The van der Waals surface area contributed by atoms with E-state index < -0.39 is 0 Å². The fourth-order valence-electron chi connectivity index (χ4n) is 11.3. The van der Waals surface area contributed by atoms with Crippen LogP contribution in [-0.4, -0.2) is 29.9 Å². The summed E-state index contributed by atoms with van der Waals surface area (Å²) in [4.78, 5) is 30.4. The summed E-state index contributed by atoms with van der Waals surface area (Å²) in [5.74, 6) is 1.98. The molecule has 1 aliphatic rings. The molecule has 380 valence electrons. The number of fused-ring (bicyclic) bond motifs is 2. The van der Waals surface area contributed by atoms with E-state index in [1.54, 1.807) is 0 Å². The van der Waals surface area contributed by atoms with Gasteiger partial charge in [0.1, 0.15) is 0 Å². The zero-order valence-corrected chi connectivity index (χ0v) is 44.1. The summed E-state index contributed by atoms with van der Waals surface area (Å²) >= 11 is 0. The number of para-hydroxylation sites is 2. The van der Waals surface area contributed by atoms with E-state index in [2.05, 4.69) is 218 Å². The molecule has 0 amide bonds. The first kappa shape index (κ1) is 48.3. The number of aromatic nitrogens is 6. The van der Waals surface area contributed by atoms with E-state index in [1.165, 1.54) is 43.2 Å². The monoisotopic (exact) mass is 1030 g/mol. The molecule has 14 rings (SSSR count). The predicted octanol–water partition coefficient (Wildman–Crippen LogP) is 19.1. The molecule has 13 aromatic rings. The highest BCUT2D eigenvalue weighted by Crippen LogP contribution is 2.37. The second-order valence-electron chi connectivity index (χ2n) is 21.0. The zero-order valence-electron chi connectivity index (χ0n) is 44.1. The number of pyridine rings is 2. The molecule has 0 aliphatic heterocycles. The summed E-state index contributed by atoms with van der Waals surface area (Å²) in [5.41, 5.74) is 21.8. The lowest BCUT2D eigenvalue weighted by Crippen LogP contribution is -2.04. The van der Waals surface area contributed by atoms with Crippen molar-refractivity contribution in [1.29, 1.82) is 0 Å². The van der Waals surface area contributed by atoms with Crippen LogP contribution in [-0.2, 0) is 0 Å². The third-order valence-electron chi connectivity index (χ3n) is 15.9. The Bertz CT molecular complexity index is 4320. The van der Waals surface area contributed by atoms with Crippen LogP contribution in [0.5, 0.6) is 0 Å². The van der Waals surface area contributed by atoms with Crippen molar-refractivity contribution in [2.24, 2.45) is 0 Å². The minimum absolute atomic E-state index is 0.636. The van der Waals surface area contributed by atoms with Crippen molar-refractivity contribution in [2.45, 2.75) is 38.0 Å². The Labute approximate surface area is 466 Å². The van der Waals surface area contributed by atoms with Gasteiger partial charge in [0.05, 0.1) is 33.8 Å². The smallest absolute Gasteiger partial charge is 0.160 e. The molecule has 0 unspecified atom stereocenters. The molecular weight excluding hydrogens is 973 g/mol. The van der Waals surface area contributed by atoms with Gasteiger partial charge >= 0.3 is 0 Å². The summed E-state index contributed by atoms with van der Waals surface area (Å²) in [7, 11) is 0. The zero-order chi connectivity index (χ0) is 53.2. The molecule has 4 heterocycles. The Kier molecular flexibility index (Phi) is 12.9. The fourth-order valence-corrected chi connectivity index (χ4v) is 11.3. The molecule has 0 N–H and O–H groups in total. The largest absolute Gasteiger partial charge is 0.256 e. The summed E-state index contributed by atoms with van der Waals surface area (Å²) in [6.45, 7) is 0. The van der Waals surface area contributed by atoms with Crippen molar-refractivity contribution in [3.8, 4) is 112 Å². The standard InChI is InChI=1S/C74H54N6/c1-3-11-49(12-4-1)51-19-31-57(32-20-51)69-45-71(59-35-23-55(24-36-59)65-43-63-15-7-9-17-67(63)75-47-65)79-73(77-69)61-39-27-53(28-40-61)54-29-41-62(42-30-54)74-78-70(58-33-21-52(22-34-58)50-13-5-2-6-14-50)46-72(80-74)60-37-25-56(26-38-60)66-44-64-16-8-10-18-68(64)76-48-66/h1,3-4,7-12,15-48,50H,2,5-6,13-14H2. The maximum Gasteiger partial charge on any atom is 0.160 e. The molecule has 0 spiro atoms. The lowest BCUT2D eigenvalue weighted by Gasteiger charge is -2.22. The quantitative estimate of drug-likeness (QED) is 0.128. The Morgan fingerprint density at radius 2 is 0.562 bits per heavy atom. The van der Waals surface area contributed by atoms with Crippen molar-refractivity contribution >= 4 is 21.8 Å². The van der Waals surface area contributed by atoms with Gasteiger partial charge in [-0.05, 0) is 94.1 Å². The van der Waals surface area contributed by atoms with E-state index in [0.29, 0.717) is 17.6 Å². The van der Waals surface area contributed by atoms with Crippen LogP contribution in [0.2, 0.25) is 0 Å². The molecule has 1 fully saturated rings. The van der Waals surface area contributed by atoms with Crippen LogP contribution in [0.4, 0.5) is 0 Å². The molecule has 6 heteroatoms. The van der Waals surface area contributed by atoms with E-state index in [9.17, 15) is 0 Å². The van der Waals surface area contributed by atoms with Gasteiger partial charge in [-0.2, -0.15) is 0 Å². The average molecular weight is 1030 g/mol. The molecule has 0 saturated heterocycles. The lowest BCUT2D eigenvalue weighted by atomic mass is 9.84. The van der Waals surface area contributed by atoms with Gasteiger partial charge < -0.3 is 0 Å². The second kappa shape index (κ2) is 21.4. The molecule has 6 nitrogen and oxygen atoms in total. The van der Waals surface area contributed by atoms with Gasteiger partial charge in [-0.25, -0.2) is 19.9 Å². The molecule has 0 atom stereocenters. The molecule has 0 bridgehead atoms. The summed E-state index contributed by atoms with van der Waals surface area (Å²) in [6.07, 6.45) is 10.4. The highest BCUT2D eigenvalue weighted by Gasteiger charge is 2.18. The number of hydrogen-bond acceptors (Lipinski definition) is 6. The molecule has 0 radical (unpaired) electrons. The van der Waals surface area contributed by atoms with Gasteiger partial charge in [0.15, 0.2) is 11.6 Å². The Balaban J connectivity index is 0.768. The first-order chi connectivity index (χ1) is 39.6. The highest BCUT2D eigenvalue weighted by atomic mass is 14.9. The first-order valence-electron chi connectivity index (χ1n) is 27.7. The van der Waals surface area contributed by atoms with Crippen LogP contribution < -0.4 is 0 Å². The van der Waals surface area contributed by atoms with E-state index in [4.69, 9.17) is 29.9 Å². The Morgan fingerprint density at radius 3 is 0.963 bits per heavy atom. The number of hydrogen-bond donors (Lipinski definition) is 0. The molecule has 80 heavy (non-hydrogen) atoms. The van der Waals surface area contributed by atoms with Crippen LogP contribution in [0.3, 0.4) is 0 Å². The minimum Gasteiger partial charge on any atom is -0.256 e. The first-order valence-corrected chi connectivity index (χ1v) is 27.7. The molecule has 1 aliphatic carbocycles. The Hall–Kier alpha value is -10.0. The van der Waals surface area contributed by atoms with Crippen molar-refractivity contribution in [2.75, 3.05) is 0 Å². The van der Waals surface area contributed by atoms with Gasteiger partial charge in [0.25, 0.3) is 0 Å². The maximum atomic E-state index is 5.25. The SMILES string of the molecule is c1ccc(-c2ccc(-c3cc(-c4ccc(-c5cnc6ccccc6c5)cc4)nc(-c4ccc(-c5ccc(-c6nc(-c7ccc(-c8cnc9ccccc9c8)cc7)cc(-c7ccc(C8CCCCC8)cc7)n6)cc5)cc4)n3)cc2)cc1. The highest BCUT2D eigenvalue weighted by molar-refractivity contribution is 5.86. The molecule has 1 saturated carbocycles.